The first-order chi connectivity index (χ1) is 7.15. The maximum absolute atomic E-state index is 9.60. The molecule has 15 heavy (non-hydrogen) atoms. The van der Waals surface area contributed by atoms with Crippen LogP contribution in [0.4, 0.5) is 0 Å². The van der Waals surface area contributed by atoms with E-state index in [0.717, 1.165) is 18.8 Å². The lowest BCUT2D eigenvalue weighted by atomic mass is 10.1. The SMILES string of the molecule is CCn1cncc1CNCC(O)C(C)C. The molecule has 1 unspecified atom stereocenters. The molecule has 1 aromatic heterocycles. The lowest BCUT2D eigenvalue weighted by molar-refractivity contribution is 0.123. The Morgan fingerprint density at radius 1 is 1.53 bits per heavy atom. The molecule has 1 rings (SSSR count). The summed E-state index contributed by atoms with van der Waals surface area (Å²) in [6.45, 7) is 8.45. The van der Waals surface area contributed by atoms with Crippen LogP contribution in [0, 0.1) is 5.92 Å². The van der Waals surface area contributed by atoms with E-state index in [2.05, 4.69) is 21.8 Å². The third-order valence-corrected chi connectivity index (χ3v) is 2.57. The summed E-state index contributed by atoms with van der Waals surface area (Å²) in [5.74, 6) is 0.300. The number of aliphatic hydroxyl groups excluding tert-OH is 1. The second-order valence-electron chi connectivity index (χ2n) is 4.11. The molecule has 0 aliphatic carbocycles. The Morgan fingerprint density at radius 2 is 2.27 bits per heavy atom. The van der Waals surface area contributed by atoms with Crippen molar-refractivity contribution in [2.45, 2.75) is 40.0 Å². The van der Waals surface area contributed by atoms with Crippen molar-refractivity contribution in [2.75, 3.05) is 6.54 Å². The van der Waals surface area contributed by atoms with Crippen LogP contribution in [0.1, 0.15) is 26.5 Å². The largest absolute Gasteiger partial charge is 0.392 e. The van der Waals surface area contributed by atoms with Crippen LogP contribution >= 0.6 is 0 Å². The predicted octanol–water partition coefficient (Wildman–Crippen LogP) is 1.01. The van der Waals surface area contributed by atoms with Crippen molar-refractivity contribution in [1.29, 1.82) is 0 Å². The molecule has 0 aliphatic rings. The molecule has 0 aromatic carbocycles. The molecule has 1 aromatic rings. The summed E-state index contributed by atoms with van der Waals surface area (Å²) in [5, 5.41) is 12.8. The first-order valence-corrected chi connectivity index (χ1v) is 5.53. The molecule has 0 bridgehead atoms. The van der Waals surface area contributed by atoms with Gasteiger partial charge in [0, 0.05) is 25.8 Å². The van der Waals surface area contributed by atoms with E-state index >= 15 is 0 Å². The van der Waals surface area contributed by atoms with Gasteiger partial charge in [-0.2, -0.15) is 0 Å². The number of imidazole rings is 1. The Hall–Kier alpha value is -0.870. The van der Waals surface area contributed by atoms with Gasteiger partial charge in [-0.1, -0.05) is 13.8 Å². The van der Waals surface area contributed by atoms with Gasteiger partial charge in [0.1, 0.15) is 0 Å². The van der Waals surface area contributed by atoms with E-state index in [9.17, 15) is 5.11 Å². The Bertz CT molecular complexity index is 283. The predicted molar refractivity (Wildman–Crippen MR) is 60.5 cm³/mol. The molecular weight excluding hydrogens is 190 g/mol. The topological polar surface area (TPSA) is 50.1 Å². The summed E-state index contributed by atoms with van der Waals surface area (Å²) in [4.78, 5) is 4.09. The molecule has 0 amide bonds. The van der Waals surface area contributed by atoms with Crippen LogP contribution in [0.25, 0.3) is 0 Å². The fourth-order valence-corrected chi connectivity index (χ4v) is 1.36. The van der Waals surface area contributed by atoms with Crippen molar-refractivity contribution >= 4 is 0 Å². The summed E-state index contributed by atoms with van der Waals surface area (Å²) in [6, 6.07) is 0. The molecule has 0 saturated carbocycles. The van der Waals surface area contributed by atoms with Crippen LogP contribution in [-0.4, -0.2) is 27.3 Å². The molecule has 0 aliphatic heterocycles. The summed E-state index contributed by atoms with van der Waals surface area (Å²) >= 11 is 0. The minimum absolute atomic E-state index is 0.275. The van der Waals surface area contributed by atoms with Gasteiger partial charge in [-0.3, -0.25) is 0 Å². The monoisotopic (exact) mass is 211 g/mol. The summed E-state index contributed by atoms with van der Waals surface area (Å²) < 4.78 is 2.09. The van der Waals surface area contributed by atoms with Crippen LogP contribution in [0.3, 0.4) is 0 Å². The minimum atomic E-state index is -0.275. The van der Waals surface area contributed by atoms with E-state index in [1.807, 2.05) is 26.4 Å². The molecule has 0 saturated heterocycles. The number of aryl methyl sites for hydroxylation is 1. The average Bonchev–Trinajstić information content (AvgIpc) is 2.65. The molecule has 0 radical (unpaired) electrons. The zero-order valence-corrected chi connectivity index (χ0v) is 9.77. The zero-order chi connectivity index (χ0) is 11.3. The van der Waals surface area contributed by atoms with Gasteiger partial charge in [0.05, 0.1) is 18.1 Å². The third-order valence-electron chi connectivity index (χ3n) is 2.57. The van der Waals surface area contributed by atoms with Gasteiger partial charge >= 0.3 is 0 Å². The molecular formula is C11H21N3O. The highest BCUT2D eigenvalue weighted by atomic mass is 16.3. The van der Waals surface area contributed by atoms with E-state index in [1.165, 1.54) is 0 Å². The van der Waals surface area contributed by atoms with Gasteiger partial charge in [-0.05, 0) is 12.8 Å². The molecule has 4 heteroatoms. The van der Waals surface area contributed by atoms with E-state index in [-0.39, 0.29) is 6.10 Å². The molecule has 86 valence electrons. The van der Waals surface area contributed by atoms with Gasteiger partial charge in [0.2, 0.25) is 0 Å². The molecule has 0 spiro atoms. The number of nitrogens with one attached hydrogen (secondary N) is 1. The Labute approximate surface area is 91.3 Å². The van der Waals surface area contributed by atoms with Crippen molar-refractivity contribution in [3.05, 3.63) is 18.2 Å². The van der Waals surface area contributed by atoms with E-state index in [1.54, 1.807) is 0 Å². The maximum Gasteiger partial charge on any atom is 0.0948 e. The quantitative estimate of drug-likeness (QED) is 0.738. The maximum atomic E-state index is 9.60. The summed E-state index contributed by atoms with van der Waals surface area (Å²) in [5.41, 5.74) is 1.16. The molecule has 4 nitrogen and oxygen atoms in total. The van der Waals surface area contributed by atoms with Crippen molar-refractivity contribution in [2.24, 2.45) is 5.92 Å². The van der Waals surface area contributed by atoms with Crippen molar-refractivity contribution < 1.29 is 5.11 Å². The van der Waals surface area contributed by atoms with Crippen LogP contribution in [0.15, 0.2) is 12.5 Å². The zero-order valence-electron chi connectivity index (χ0n) is 9.77. The fraction of sp³-hybridized carbons (Fsp3) is 0.727. The van der Waals surface area contributed by atoms with Crippen LogP contribution < -0.4 is 5.32 Å². The van der Waals surface area contributed by atoms with Crippen LogP contribution in [-0.2, 0) is 13.1 Å². The molecule has 2 N–H and O–H groups in total. The van der Waals surface area contributed by atoms with E-state index < -0.39 is 0 Å². The summed E-state index contributed by atoms with van der Waals surface area (Å²) in [7, 11) is 0. The number of nitrogens with zero attached hydrogens (tertiary/aromatic N) is 2. The Morgan fingerprint density at radius 3 is 2.87 bits per heavy atom. The van der Waals surface area contributed by atoms with Crippen LogP contribution in [0.5, 0.6) is 0 Å². The highest BCUT2D eigenvalue weighted by molar-refractivity contribution is 4.97. The third kappa shape index (κ3) is 3.64. The van der Waals surface area contributed by atoms with Gasteiger partial charge < -0.3 is 15.0 Å². The van der Waals surface area contributed by atoms with Gasteiger partial charge in [-0.15, -0.1) is 0 Å². The van der Waals surface area contributed by atoms with Crippen molar-refractivity contribution in [3.8, 4) is 0 Å². The lowest BCUT2D eigenvalue weighted by Crippen LogP contribution is -2.30. The first-order valence-electron chi connectivity index (χ1n) is 5.53. The highest BCUT2D eigenvalue weighted by Crippen LogP contribution is 2.01. The van der Waals surface area contributed by atoms with Crippen molar-refractivity contribution in [3.63, 3.8) is 0 Å². The normalized spacial score (nSPS) is 13.4. The number of hydrogen-bond acceptors (Lipinski definition) is 3. The minimum Gasteiger partial charge on any atom is -0.392 e. The van der Waals surface area contributed by atoms with Crippen molar-refractivity contribution in [1.82, 2.24) is 14.9 Å². The van der Waals surface area contributed by atoms with Crippen LogP contribution in [0.2, 0.25) is 0 Å². The number of rotatable bonds is 6. The van der Waals surface area contributed by atoms with E-state index in [0.29, 0.717) is 12.5 Å². The van der Waals surface area contributed by atoms with E-state index in [4.69, 9.17) is 0 Å². The Kier molecular flexibility index (Phi) is 4.78. The molecule has 1 heterocycles. The number of aromatic nitrogens is 2. The first kappa shape index (κ1) is 12.2. The number of aliphatic hydroxyl groups is 1. The highest BCUT2D eigenvalue weighted by Gasteiger charge is 2.08. The lowest BCUT2D eigenvalue weighted by Gasteiger charge is -2.15. The smallest absolute Gasteiger partial charge is 0.0948 e. The van der Waals surface area contributed by atoms with Gasteiger partial charge in [-0.25, -0.2) is 4.98 Å². The summed E-state index contributed by atoms with van der Waals surface area (Å²) in [6.07, 6.45) is 3.41. The molecule has 1 atom stereocenters. The average molecular weight is 211 g/mol. The molecule has 0 fully saturated rings. The standard InChI is InChI=1S/C11H21N3O/c1-4-14-8-13-6-10(14)5-12-7-11(15)9(2)3/h6,8-9,11-12,15H,4-5,7H2,1-3H3. The fourth-order valence-electron chi connectivity index (χ4n) is 1.36. The second kappa shape index (κ2) is 5.88. The Balaban J connectivity index is 2.31. The second-order valence-corrected chi connectivity index (χ2v) is 4.11. The number of hydrogen-bond donors (Lipinski definition) is 2. The van der Waals surface area contributed by atoms with Gasteiger partial charge in [0.15, 0.2) is 0 Å². The van der Waals surface area contributed by atoms with Gasteiger partial charge in [0.25, 0.3) is 0 Å².